The van der Waals surface area contributed by atoms with Crippen molar-refractivity contribution in [2.45, 2.75) is 51.2 Å². The second kappa shape index (κ2) is 3.94. The topological polar surface area (TPSA) is 29.5 Å². The zero-order valence-corrected chi connectivity index (χ0v) is 7.92. The van der Waals surface area contributed by atoms with Gasteiger partial charge in [-0.3, -0.25) is 0 Å². The molecule has 1 rings (SSSR count). The van der Waals surface area contributed by atoms with Gasteiger partial charge in [-0.05, 0) is 19.4 Å². The van der Waals surface area contributed by atoms with Gasteiger partial charge in [-0.1, -0.05) is 19.8 Å². The van der Waals surface area contributed by atoms with E-state index in [1.54, 1.807) is 6.26 Å². The van der Waals surface area contributed by atoms with E-state index in [2.05, 4.69) is 6.92 Å². The van der Waals surface area contributed by atoms with E-state index >= 15 is 0 Å². The first-order valence-electron chi connectivity index (χ1n) is 4.72. The van der Waals surface area contributed by atoms with Crippen molar-refractivity contribution in [3.05, 3.63) is 12.3 Å². The summed E-state index contributed by atoms with van der Waals surface area (Å²) in [4.78, 5) is 0. The molecule has 0 spiro atoms. The van der Waals surface area contributed by atoms with Crippen LogP contribution >= 0.6 is 0 Å². The van der Waals surface area contributed by atoms with Gasteiger partial charge in [0.05, 0.1) is 6.26 Å². The van der Waals surface area contributed by atoms with E-state index < -0.39 is 5.60 Å². The molecule has 1 heterocycles. The smallest absolute Gasteiger partial charge is 0.124 e. The summed E-state index contributed by atoms with van der Waals surface area (Å²) in [6, 6.07) is 0. The second-order valence-corrected chi connectivity index (χ2v) is 3.56. The van der Waals surface area contributed by atoms with E-state index in [9.17, 15) is 5.11 Å². The van der Waals surface area contributed by atoms with Crippen molar-refractivity contribution < 1.29 is 9.84 Å². The van der Waals surface area contributed by atoms with Crippen LogP contribution in [0.25, 0.3) is 0 Å². The SMILES string of the molecule is CCCC[C@@]1(O)CC=CO[C@H]1C. The fraction of sp³-hybridized carbons (Fsp3) is 0.800. The molecule has 12 heavy (non-hydrogen) atoms. The maximum atomic E-state index is 10.1. The Morgan fingerprint density at radius 1 is 1.67 bits per heavy atom. The number of unbranched alkanes of at least 4 members (excludes halogenated alkanes) is 1. The zero-order chi connectivity index (χ0) is 9.03. The summed E-state index contributed by atoms with van der Waals surface area (Å²) in [5.74, 6) is 0. The first-order chi connectivity index (χ1) is 5.69. The molecule has 0 aromatic heterocycles. The molecule has 0 saturated heterocycles. The number of hydrogen-bond acceptors (Lipinski definition) is 2. The minimum absolute atomic E-state index is 0.0611. The maximum Gasteiger partial charge on any atom is 0.124 e. The highest BCUT2D eigenvalue weighted by molar-refractivity contribution is 4.97. The van der Waals surface area contributed by atoms with Gasteiger partial charge in [-0.2, -0.15) is 0 Å². The molecular formula is C10H18O2. The largest absolute Gasteiger partial charge is 0.496 e. The quantitative estimate of drug-likeness (QED) is 0.703. The Bertz CT molecular complexity index is 165. The van der Waals surface area contributed by atoms with Gasteiger partial charge < -0.3 is 9.84 Å². The van der Waals surface area contributed by atoms with Crippen LogP contribution in [0.1, 0.15) is 39.5 Å². The Morgan fingerprint density at radius 2 is 2.42 bits per heavy atom. The van der Waals surface area contributed by atoms with Gasteiger partial charge in [-0.15, -0.1) is 0 Å². The molecule has 0 saturated carbocycles. The second-order valence-electron chi connectivity index (χ2n) is 3.56. The third-order valence-electron chi connectivity index (χ3n) is 2.57. The van der Waals surface area contributed by atoms with E-state index in [1.165, 1.54) is 0 Å². The standard InChI is InChI=1S/C10H18O2/c1-3-4-6-10(11)7-5-8-12-9(10)2/h5,8-9,11H,3-4,6-7H2,1-2H3/t9-,10+/m0/s1. The van der Waals surface area contributed by atoms with Crippen LogP contribution in [0.3, 0.4) is 0 Å². The molecule has 2 atom stereocenters. The molecule has 0 aromatic rings. The summed E-state index contributed by atoms with van der Waals surface area (Å²) in [6.45, 7) is 4.06. The molecule has 0 fully saturated rings. The molecule has 0 radical (unpaired) electrons. The number of hydrogen-bond donors (Lipinski definition) is 1. The zero-order valence-electron chi connectivity index (χ0n) is 7.92. The van der Waals surface area contributed by atoms with Gasteiger partial charge in [0.1, 0.15) is 11.7 Å². The highest BCUT2D eigenvalue weighted by atomic mass is 16.5. The lowest BCUT2D eigenvalue weighted by molar-refractivity contribution is -0.0861. The molecule has 1 N–H and O–H groups in total. The maximum absolute atomic E-state index is 10.1. The van der Waals surface area contributed by atoms with Crippen LogP contribution in [0.15, 0.2) is 12.3 Å². The molecule has 1 aliphatic rings. The molecule has 0 amide bonds. The molecule has 2 heteroatoms. The third-order valence-corrected chi connectivity index (χ3v) is 2.57. The fourth-order valence-corrected chi connectivity index (χ4v) is 1.51. The van der Waals surface area contributed by atoms with Crippen molar-refractivity contribution in [3.63, 3.8) is 0 Å². The van der Waals surface area contributed by atoms with Gasteiger partial charge in [0.15, 0.2) is 0 Å². The van der Waals surface area contributed by atoms with Crippen molar-refractivity contribution in [2.75, 3.05) is 0 Å². The minimum atomic E-state index is -0.620. The summed E-state index contributed by atoms with van der Waals surface area (Å²) in [7, 11) is 0. The van der Waals surface area contributed by atoms with E-state index in [1.807, 2.05) is 13.0 Å². The summed E-state index contributed by atoms with van der Waals surface area (Å²) < 4.78 is 5.26. The highest BCUT2D eigenvalue weighted by Gasteiger charge is 2.34. The van der Waals surface area contributed by atoms with Crippen LogP contribution in [0, 0.1) is 0 Å². The molecule has 0 unspecified atom stereocenters. The van der Waals surface area contributed by atoms with Crippen molar-refractivity contribution in [3.8, 4) is 0 Å². The van der Waals surface area contributed by atoms with Crippen LogP contribution in [0.2, 0.25) is 0 Å². The Balaban J connectivity index is 2.49. The number of ether oxygens (including phenoxy) is 1. The lowest BCUT2D eigenvalue weighted by Crippen LogP contribution is -2.42. The first-order valence-corrected chi connectivity index (χ1v) is 4.72. The molecule has 0 aliphatic carbocycles. The van der Waals surface area contributed by atoms with E-state index in [-0.39, 0.29) is 6.10 Å². The van der Waals surface area contributed by atoms with E-state index in [4.69, 9.17) is 4.74 Å². The molecule has 1 aliphatic heterocycles. The van der Waals surface area contributed by atoms with Crippen LogP contribution in [-0.2, 0) is 4.74 Å². The van der Waals surface area contributed by atoms with Gasteiger partial charge in [0.25, 0.3) is 0 Å². The molecule has 0 bridgehead atoms. The van der Waals surface area contributed by atoms with Crippen LogP contribution < -0.4 is 0 Å². The van der Waals surface area contributed by atoms with Gasteiger partial charge in [0, 0.05) is 6.42 Å². The van der Waals surface area contributed by atoms with Gasteiger partial charge in [-0.25, -0.2) is 0 Å². The van der Waals surface area contributed by atoms with Crippen LogP contribution in [-0.4, -0.2) is 16.8 Å². The minimum Gasteiger partial charge on any atom is -0.496 e. The lowest BCUT2D eigenvalue weighted by Gasteiger charge is -2.35. The molecular weight excluding hydrogens is 152 g/mol. The Kier molecular flexibility index (Phi) is 3.15. The highest BCUT2D eigenvalue weighted by Crippen LogP contribution is 2.28. The van der Waals surface area contributed by atoms with Crippen molar-refractivity contribution in [2.24, 2.45) is 0 Å². The average Bonchev–Trinajstić information content (AvgIpc) is 2.07. The summed E-state index contributed by atoms with van der Waals surface area (Å²) in [5.41, 5.74) is -0.620. The molecule has 2 nitrogen and oxygen atoms in total. The van der Waals surface area contributed by atoms with E-state index in [0.717, 1.165) is 25.7 Å². The summed E-state index contributed by atoms with van der Waals surface area (Å²) >= 11 is 0. The third kappa shape index (κ3) is 2.01. The van der Waals surface area contributed by atoms with Crippen molar-refractivity contribution >= 4 is 0 Å². The van der Waals surface area contributed by atoms with Crippen LogP contribution in [0.5, 0.6) is 0 Å². The van der Waals surface area contributed by atoms with Crippen LogP contribution in [0.4, 0.5) is 0 Å². The van der Waals surface area contributed by atoms with Crippen molar-refractivity contribution in [1.29, 1.82) is 0 Å². The molecule has 70 valence electrons. The Morgan fingerprint density at radius 3 is 3.00 bits per heavy atom. The number of rotatable bonds is 3. The van der Waals surface area contributed by atoms with Crippen molar-refractivity contribution in [1.82, 2.24) is 0 Å². The average molecular weight is 170 g/mol. The first kappa shape index (κ1) is 9.59. The summed E-state index contributed by atoms with van der Waals surface area (Å²) in [5, 5.41) is 10.1. The summed E-state index contributed by atoms with van der Waals surface area (Å²) in [6.07, 6.45) is 7.29. The fourth-order valence-electron chi connectivity index (χ4n) is 1.51. The van der Waals surface area contributed by atoms with E-state index in [0.29, 0.717) is 0 Å². The molecule has 0 aromatic carbocycles. The van der Waals surface area contributed by atoms with Gasteiger partial charge >= 0.3 is 0 Å². The predicted octanol–water partition coefficient (Wildman–Crippen LogP) is 2.23. The Hall–Kier alpha value is -0.500. The monoisotopic (exact) mass is 170 g/mol. The number of aliphatic hydroxyl groups is 1. The van der Waals surface area contributed by atoms with Gasteiger partial charge in [0.2, 0.25) is 0 Å². The lowest BCUT2D eigenvalue weighted by atomic mass is 9.87. The predicted molar refractivity (Wildman–Crippen MR) is 48.8 cm³/mol. The normalized spacial score (nSPS) is 34.8. The Labute approximate surface area is 74.2 Å².